The predicted octanol–water partition coefficient (Wildman–Crippen LogP) is 4.90. The quantitative estimate of drug-likeness (QED) is 0.508. The van der Waals surface area contributed by atoms with Crippen LogP contribution in [0.2, 0.25) is 10.0 Å². The molecule has 3 aromatic rings. The zero-order chi connectivity index (χ0) is 22.5. The second-order valence-corrected chi connectivity index (χ2v) is 8.31. The van der Waals surface area contributed by atoms with Crippen molar-refractivity contribution in [1.82, 2.24) is 14.5 Å². The van der Waals surface area contributed by atoms with Crippen molar-refractivity contribution in [3.63, 3.8) is 0 Å². The SMILES string of the molecule is COC(=O)N1CCN(c2ccc(OC(Cn3ccnc3)c3ccc(Cl)cc3Cl)cc2)CC1. The lowest BCUT2D eigenvalue weighted by atomic mass is 10.1. The summed E-state index contributed by atoms with van der Waals surface area (Å²) < 4.78 is 13.1. The molecule has 0 N–H and O–H groups in total. The summed E-state index contributed by atoms with van der Waals surface area (Å²) in [5.41, 5.74) is 1.94. The minimum atomic E-state index is -0.316. The fourth-order valence-electron chi connectivity index (χ4n) is 3.72. The number of rotatable bonds is 6. The zero-order valence-corrected chi connectivity index (χ0v) is 19.2. The summed E-state index contributed by atoms with van der Waals surface area (Å²) in [4.78, 5) is 19.7. The van der Waals surface area contributed by atoms with Crippen LogP contribution in [0.25, 0.3) is 0 Å². The Morgan fingerprint density at radius 2 is 1.84 bits per heavy atom. The van der Waals surface area contributed by atoms with Gasteiger partial charge >= 0.3 is 6.09 Å². The van der Waals surface area contributed by atoms with Crippen LogP contribution in [0.4, 0.5) is 10.5 Å². The summed E-state index contributed by atoms with van der Waals surface area (Å²) in [6.07, 6.45) is 4.77. The Kier molecular flexibility index (Phi) is 7.07. The first-order valence-electron chi connectivity index (χ1n) is 10.3. The lowest BCUT2D eigenvalue weighted by Gasteiger charge is -2.35. The number of nitrogens with zero attached hydrogens (tertiary/aromatic N) is 4. The summed E-state index contributed by atoms with van der Waals surface area (Å²) in [5, 5.41) is 1.14. The van der Waals surface area contributed by atoms with Crippen molar-refractivity contribution in [3.05, 3.63) is 76.8 Å². The highest BCUT2D eigenvalue weighted by atomic mass is 35.5. The molecule has 1 amide bonds. The van der Waals surface area contributed by atoms with E-state index in [1.807, 2.05) is 47.2 Å². The van der Waals surface area contributed by atoms with E-state index in [4.69, 9.17) is 32.7 Å². The molecule has 32 heavy (non-hydrogen) atoms. The van der Waals surface area contributed by atoms with Gasteiger partial charge in [0.1, 0.15) is 11.9 Å². The average molecular weight is 475 g/mol. The molecule has 7 nitrogen and oxygen atoms in total. The number of carbonyl (C=O) groups is 1. The molecule has 0 radical (unpaired) electrons. The molecule has 168 valence electrons. The Morgan fingerprint density at radius 1 is 1.09 bits per heavy atom. The standard InChI is InChI=1S/C23H24Cl2N4O3/c1-31-23(30)29-12-10-28(11-13-29)18-3-5-19(6-4-18)32-22(15-27-9-8-26-16-27)20-7-2-17(24)14-21(20)25/h2-9,14,16,22H,10-13,15H2,1H3. The molecule has 1 aromatic heterocycles. The lowest BCUT2D eigenvalue weighted by Crippen LogP contribution is -2.48. The van der Waals surface area contributed by atoms with E-state index in [2.05, 4.69) is 9.88 Å². The van der Waals surface area contributed by atoms with Crippen LogP contribution < -0.4 is 9.64 Å². The molecule has 2 heterocycles. The van der Waals surface area contributed by atoms with Gasteiger partial charge in [0.2, 0.25) is 0 Å². The number of benzene rings is 2. The molecule has 1 saturated heterocycles. The summed E-state index contributed by atoms with van der Waals surface area (Å²) in [6.45, 7) is 3.32. The van der Waals surface area contributed by atoms with E-state index in [-0.39, 0.29) is 12.2 Å². The van der Waals surface area contributed by atoms with Gasteiger partial charge in [0.15, 0.2) is 0 Å². The van der Waals surface area contributed by atoms with Crippen molar-refractivity contribution in [2.75, 3.05) is 38.2 Å². The highest BCUT2D eigenvalue weighted by Gasteiger charge is 2.22. The molecule has 4 rings (SSSR count). The summed E-state index contributed by atoms with van der Waals surface area (Å²) in [7, 11) is 1.41. The Labute approximate surface area is 197 Å². The summed E-state index contributed by atoms with van der Waals surface area (Å²) >= 11 is 12.5. The van der Waals surface area contributed by atoms with Gasteiger partial charge in [-0.2, -0.15) is 0 Å². The number of halogens is 2. The van der Waals surface area contributed by atoms with Crippen molar-refractivity contribution in [2.24, 2.45) is 0 Å². The van der Waals surface area contributed by atoms with E-state index in [9.17, 15) is 4.79 Å². The molecule has 9 heteroatoms. The third-order valence-electron chi connectivity index (χ3n) is 5.44. The maximum Gasteiger partial charge on any atom is 0.409 e. The van der Waals surface area contributed by atoms with Crippen LogP contribution in [0, 0.1) is 0 Å². The number of amides is 1. The van der Waals surface area contributed by atoms with Crippen molar-refractivity contribution in [1.29, 1.82) is 0 Å². The highest BCUT2D eigenvalue weighted by molar-refractivity contribution is 6.35. The summed E-state index contributed by atoms with van der Waals surface area (Å²) in [5.74, 6) is 0.734. The predicted molar refractivity (Wildman–Crippen MR) is 125 cm³/mol. The number of carbonyl (C=O) groups excluding carboxylic acids is 1. The van der Waals surface area contributed by atoms with Crippen molar-refractivity contribution in [2.45, 2.75) is 12.6 Å². The normalized spacial score (nSPS) is 14.8. The molecule has 1 fully saturated rings. The Bertz CT molecular complexity index is 1040. The molecule has 1 atom stereocenters. The maximum atomic E-state index is 11.7. The molecule has 0 saturated carbocycles. The monoisotopic (exact) mass is 474 g/mol. The van der Waals surface area contributed by atoms with Gasteiger partial charge in [0.05, 0.1) is 20.0 Å². The molecular formula is C23H24Cl2N4O3. The fraction of sp³-hybridized carbons (Fsp3) is 0.304. The fourth-order valence-corrected chi connectivity index (χ4v) is 4.25. The van der Waals surface area contributed by atoms with Gasteiger partial charge in [-0.15, -0.1) is 0 Å². The van der Waals surface area contributed by atoms with Crippen LogP contribution in [0.5, 0.6) is 5.75 Å². The first kappa shape index (κ1) is 22.3. The molecule has 2 aromatic carbocycles. The molecule has 1 aliphatic rings. The van der Waals surface area contributed by atoms with Gasteiger partial charge in [0, 0.05) is 59.9 Å². The Balaban J connectivity index is 1.46. The van der Waals surface area contributed by atoms with E-state index >= 15 is 0 Å². The third-order valence-corrected chi connectivity index (χ3v) is 6.00. The van der Waals surface area contributed by atoms with Crippen molar-refractivity contribution in [3.8, 4) is 5.75 Å². The van der Waals surface area contributed by atoms with Crippen LogP contribution in [-0.2, 0) is 11.3 Å². The molecular weight excluding hydrogens is 451 g/mol. The number of hydrogen-bond acceptors (Lipinski definition) is 5. The number of anilines is 1. The first-order valence-corrected chi connectivity index (χ1v) is 11.0. The average Bonchev–Trinajstić information content (AvgIpc) is 3.32. The smallest absolute Gasteiger partial charge is 0.409 e. The number of hydrogen-bond donors (Lipinski definition) is 0. The van der Waals surface area contributed by atoms with Crippen LogP contribution in [0.15, 0.2) is 61.2 Å². The lowest BCUT2D eigenvalue weighted by molar-refractivity contribution is 0.121. The number of imidazole rings is 1. The van der Waals surface area contributed by atoms with Gasteiger partial charge in [-0.1, -0.05) is 29.3 Å². The Morgan fingerprint density at radius 3 is 2.47 bits per heavy atom. The van der Waals surface area contributed by atoms with Gasteiger partial charge in [-0.05, 0) is 36.4 Å². The van der Waals surface area contributed by atoms with Crippen LogP contribution in [0.3, 0.4) is 0 Å². The molecule has 1 unspecified atom stereocenters. The molecule has 1 aliphatic heterocycles. The Hall–Kier alpha value is -2.90. The van der Waals surface area contributed by atoms with Crippen LogP contribution >= 0.6 is 23.2 Å². The van der Waals surface area contributed by atoms with Gasteiger partial charge in [0.25, 0.3) is 0 Å². The number of ether oxygens (including phenoxy) is 2. The van der Waals surface area contributed by atoms with Crippen molar-refractivity contribution >= 4 is 35.0 Å². The van der Waals surface area contributed by atoms with E-state index in [1.165, 1.54) is 7.11 Å². The maximum absolute atomic E-state index is 11.7. The van der Waals surface area contributed by atoms with Crippen LogP contribution in [-0.4, -0.2) is 53.8 Å². The second-order valence-electron chi connectivity index (χ2n) is 7.47. The number of methoxy groups -OCH3 is 1. The topological polar surface area (TPSA) is 59.8 Å². The molecule has 0 aliphatic carbocycles. The van der Waals surface area contributed by atoms with E-state index in [0.29, 0.717) is 29.7 Å². The van der Waals surface area contributed by atoms with Gasteiger partial charge in [-0.25, -0.2) is 9.78 Å². The van der Waals surface area contributed by atoms with Gasteiger partial charge in [-0.3, -0.25) is 0 Å². The zero-order valence-electron chi connectivity index (χ0n) is 17.7. The van der Waals surface area contributed by atoms with Gasteiger partial charge < -0.3 is 23.8 Å². The minimum absolute atomic E-state index is 0.279. The summed E-state index contributed by atoms with van der Waals surface area (Å²) in [6, 6.07) is 13.4. The van der Waals surface area contributed by atoms with Crippen molar-refractivity contribution < 1.29 is 14.3 Å². The van der Waals surface area contributed by atoms with E-state index < -0.39 is 0 Å². The second kappa shape index (κ2) is 10.1. The van der Waals surface area contributed by atoms with Crippen LogP contribution in [0.1, 0.15) is 11.7 Å². The number of piperazine rings is 1. The third kappa shape index (κ3) is 5.29. The molecule has 0 bridgehead atoms. The van der Waals surface area contributed by atoms with E-state index in [0.717, 1.165) is 30.1 Å². The molecule has 0 spiro atoms. The largest absolute Gasteiger partial charge is 0.484 e. The first-order chi connectivity index (χ1) is 15.5. The highest BCUT2D eigenvalue weighted by Crippen LogP contribution is 2.32. The van der Waals surface area contributed by atoms with E-state index in [1.54, 1.807) is 23.5 Å². The minimum Gasteiger partial charge on any atom is -0.484 e. The number of aromatic nitrogens is 2.